The maximum absolute atomic E-state index is 10.9. The summed E-state index contributed by atoms with van der Waals surface area (Å²) in [5, 5.41) is 18.4. The molecule has 0 aliphatic heterocycles. The lowest BCUT2D eigenvalue weighted by Gasteiger charge is -2.09. The van der Waals surface area contributed by atoms with Crippen LogP contribution in [0.3, 0.4) is 0 Å². The molecule has 0 amide bonds. The summed E-state index contributed by atoms with van der Waals surface area (Å²) in [6.45, 7) is 0. The van der Waals surface area contributed by atoms with Gasteiger partial charge in [-0.1, -0.05) is 23.7 Å². The average Bonchev–Trinajstić information content (AvgIpc) is 2.42. The molecule has 0 aromatic heterocycles. The first kappa shape index (κ1) is 14.9. The molecule has 2 aromatic rings. The van der Waals surface area contributed by atoms with Gasteiger partial charge in [0.25, 0.3) is 0 Å². The van der Waals surface area contributed by atoms with Gasteiger partial charge in [0.2, 0.25) is 0 Å². The molecule has 2 N–H and O–H groups in total. The molecule has 0 atom stereocenters. The molecule has 5 nitrogen and oxygen atoms in total. The summed E-state index contributed by atoms with van der Waals surface area (Å²) >= 11 is 5.76. The molecule has 6 heteroatoms. The maximum Gasteiger partial charge on any atom is 0.322 e. The Morgan fingerprint density at radius 2 is 1.29 bits per heavy atom. The Hall–Kier alpha value is -2.53. The zero-order valence-corrected chi connectivity index (χ0v) is 11.4. The first-order valence-corrected chi connectivity index (χ1v) is 6.34. The summed E-state index contributed by atoms with van der Waals surface area (Å²) in [6.07, 6.45) is 0. The average molecular weight is 307 g/mol. The van der Waals surface area contributed by atoms with E-state index in [1.54, 1.807) is 24.3 Å². The molecule has 0 bridgehead atoms. The quantitative estimate of drug-likeness (QED) is 0.827. The van der Waals surface area contributed by atoms with E-state index in [1.165, 1.54) is 24.3 Å². The normalized spacial score (nSPS) is 10.4. The highest BCUT2D eigenvalue weighted by Gasteiger charge is 2.27. The largest absolute Gasteiger partial charge is 0.480 e. The van der Waals surface area contributed by atoms with Gasteiger partial charge < -0.3 is 14.9 Å². The standard InChI is InChI=1S/C15H11ClO5/c16-10-3-7-12(8-4-10)21-11-5-1-9(2-6-11)13(14(17)18)15(19)20/h1-8,13H,(H,17,18)(H,19,20). The molecule has 0 aliphatic rings. The Kier molecular flexibility index (Phi) is 4.45. The predicted octanol–water partition coefficient (Wildman–Crippen LogP) is 3.39. The van der Waals surface area contributed by atoms with Crippen LogP contribution in [-0.2, 0) is 9.59 Å². The van der Waals surface area contributed by atoms with Crippen LogP contribution in [0.2, 0.25) is 5.02 Å². The molecular formula is C15H11ClO5. The van der Waals surface area contributed by atoms with Crippen molar-refractivity contribution in [3.8, 4) is 11.5 Å². The van der Waals surface area contributed by atoms with E-state index >= 15 is 0 Å². The van der Waals surface area contributed by atoms with Crippen molar-refractivity contribution in [3.63, 3.8) is 0 Å². The molecule has 0 saturated heterocycles. The molecule has 0 saturated carbocycles. The minimum atomic E-state index is -1.59. The van der Waals surface area contributed by atoms with Gasteiger partial charge >= 0.3 is 11.9 Å². The van der Waals surface area contributed by atoms with Crippen LogP contribution in [-0.4, -0.2) is 22.2 Å². The molecule has 0 unspecified atom stereocenters. The number of carboxylic acids is 2. The van der Waals surface area contributed by atoms with E-state index in [9.17, 15) is 9.59 Å². The summed E-state index contributed by atoms with van der Waals surface area (Å²) in [7, 11) is 0. The summed E-state index contributed by atoms with van der Waals surface area (Å²) in [5.41, 5.74) is 0.179. The molecular weight excluding hydrogens is 296 g/mol. The fourth-order valence-electron chi connectivity index (χ4n) is 1.76. The van der Waals surface area contributed by atoms with Crippen molar-refractivity contribution < 1.29 is 24.5 Å². The number of hydrogen-bond donors (Lipinski definition) is 2. The highest BCUT2D eigenvalue weighted by atomic mass is 35.5. The number of carboxylic acid groups (broad SMARTS) is 2. The first-order chi connectivity index (χ1) is 9.97. The van der Waals surface area contributed by atoms with E-state index < -0.39 is 17.9 Å². The van der Waals surface area contributed by atoms with Gasteiger partial charge in [0.05, 0.1) is 0 Å². The van der Waals surface area contributed by atoms with Gasteiger partial charge in [0.15, 0.2) is 5.92 Å². The molecule has 0 aliphatic carbocycles. The number of rotatable bonds is 5. The van der Waals surface area contributed by atoms with Gasteiger partial charge in [0.1, 0.15) is 11.5 Å². The summed E-state index contributed by atoms with van der Waals surface area (Å²) in [5.74, 6) is -3.37. The van der Waals surface area contributed by atoms with Gasteiger partial charge in [-0.15, -0.1) is 0 Å². The van der Waals surface area contributed by atoms with Crippen molar-refractivity contribution in [1.82, 2.24) is 0 Å². The van der Waals surface area contributed by atoms with Crippen molar-refractivity contribution in [2.75, 3.05) is 0 Å². The lowest BCUT2D eigenvalue weighted by Crippen LogP contribution is -2.20. The topological polar surface area (TPSA) is 83.8 Å². The molecule has 0 spiro atoms. The van der Waals surface area contributed by atoms with Gasteiger partial charge in [-0.25, -0.2) is 0 Å². The number of hydrogen-bond acceptors (Lipinski definition) is 3. The number of benzene rings is 2. The van der Waals surface area contributed by atoms with Crippen LogP contribution >= 0.6 is 11.6 Å². The van der Waals surface area contributed by atoms with Crippen LogP contribution < -0.4 is 4.74 Å². The van der Waals surface area contributed by atoms with Crippen LogP contribution in [0.25, 0.3) is 0 Å². The van der Waals surface area contributed by atoms with E-state index in [1.807, 2.05) is 0 Å². The fourth-order valence-corrected chi connectivity index (χ4v) is 1.88. The fraction of sp³-hybridized carbons (Fsp3) is 0.0667. The monoisotopic (exact) mass is 306 g/mol. The Morgan fingerprint density at radius 1 is 0.857 bits per heavy atom. The Morgan fingerprint density at radius 3 is 1.71 bits per heavy atom. The van der Waals surface area contributed by atoms with Gasteiger partial charge in [-0.3, -0.25) is 9.59 Å². The Balaban J connectivity index is 2.16. The first-order valence-electron chi connectivity index (χ1n) is 5.96. The summed E-state index contributed by atoms with van der Waals surface area (Å²) < 4.78 is 5.54. The third kappa shape index (κ3) is 3.73. The summed E-state index contributed by atoms with van der Waals surface area (Å²) in [4.78, 5) is 21.8. The van der Waals surface area contributed by atoms with Gasteiger partial charge in [-0.2, -0.15) is 0 Å². The lowest BCUT2D eigenvalue weighted by atomic mass is 9.99. The molecule has 21 heavy (non-hydrogen) atoms. The van der Waals surface area contributed by atoms with Crippen molar-refractivity contribution >= 4 is 23.5 Å². The molecule has 0 heterocycles. The minimum Gasteiger partial charge on any atom is -0.480 e. The number of aliphatic carboxylic acids is 2. The molecule has 2 rings (SSSR count). The molecule has 2 aromatic carbocycles. The van der Waals surface area contributed by atoms with Crippen LogP contribution in [0.4, 0.5) is 0 Å². The summed E-state index contributed by atoms with van der Waals surface area (Å²) in [6, 6.07) is 12.6. The zero-order valence-electron chi connectivity index (χ0n) is 10.7. The second kappa shape index (κ2) is 6.28. The molecule has 0 radical (unpaired) electrons. The van der Waals surface area contributed by atoms with Gasteiger partial charge in [-0.05, 0) is 42.0 Å². The predicted molar refractivity (Wildman–Crippen MR) is 76.0 cm³/mol. The van der Waals surface area contributed by atoms with E-state index in [2.05, 4.69) is 0 Å². The maximum atomic E-state index is 10.9. The van der Waals surface area contributed by atoms with E-state index in [4.69, 9.17) is 26.6 Å². The van der Waals surface area contributed by atoms with E-state index in [-0.39, 0.29) is 5.56 Å². The number of halogens is 1. The zero-order chi connectivity index (χ0) is 15.4. The Labute approximate surface area is 125 Å². The number of carbonyl (C=O) groups is 2. The highest BCUT2D eigenvalue weighted by Crippen LogP contribution is 2.25. The smallest absolute Gasteiger partial charge is 0.322 e. The highest BCUT2D eigenvalue weighted by molar-refractivity contribution is 6.30. The SMILES string of the molecule is O=C(O)C(C(=O)O)c1ccc(Oc2ccc(Cl)cc2)cc1. The molecule has 0 fully saturated rings. The van der Waals surface area contributed by atoms with Crippen LogP contribution in [0, 0.1) is 0 Å². The van der Waals surface area contributed by atoms with Crippen molar-refractivity contribution in [2.45, 2.75) is 5.92 Å². The third-order valence-electron chi connectivity index (χ3n) is 2.76. The van der Waals surface area contributed by atoms with Gasteiger partial charge in [0, 0.05) is 5.02 Å². The van der Waals surface area contributed by atoms with Crippen molar-refractivity contribution in [1.29, 1.82) is 0 Å². The van der Waals surface area contributed by atoms with Crippen molar-refractivity contribution in [2.24, 2.45) is 0 Å². The molecule has 108 valence electrons. The van der Waals surface area contributed by atoms with Crippen LogP contribution in [0.5, 0.6) is 11.5 Å². The lowest BCUT2D eigenvalue weighted by molar-refractivity contribution is -0.150. The number of ether oxygens (including phenoxy) is 1. The van der Waals surface area contributed by atoms with Crippen molar-refractivity contribution in [3.05, 3.63) is 59.1 Å². The van der Waals surface area contributed by atoms with E-state index in [0.29, 0.717) is 16.5 Å². The second-order valence-corrected chi connectivity index (χ2v) is 4.67. The van der Waals surface area contributed by atoms with Crippen LogP contribution in [0.15, 0.2) is 48.5 Å². The Bertz CT molecular complexity index is 635. The minimum absolute atomic E-state index is 0.179. The second-order valence-electron chi connectivity index (χ2n) is 4.23. The third-order valence-corrected chi connectivity index (χ3v) is 3.01. The van der Waals surface area contributed by atoms with E-state index in [0.717, 1.165) is 0 Å². The van der Waals surface area contributed by atoms with Crippen LogP contribution in [0.1, 0.15) is 11.5 Å².